The van der Waals surface area contributed by atoms with Crippen LogP contribution in [0.3, 0.4) is 0 Å². The third-order valence-electron chi connectivity index (χ3n) is 5.82. The molecule has 0 aromatic carbocycles. The van der Waals surface area contributed by atoms with Gasteiger partial charge in [0.15, 0.2) is 0 Å². The lowest BCUT2D eigenvalue weighted by Gasteiger charge is -2.01. The number of methoxy groups -OCH3 is 3. The Kier molecular flexibility index (Phi) is 59.5. The number of halogens is 3. The lowest BCUT2D eigenvalue weighted by atomic mass is 10.1. The molecule has 0 rings (SSSR count). The molecule has 0 spiro atoms. The Labute approximate surface area is 281 Å². The molecule has 0 bridgehead atoms. The maximum Gasteiger partial charge on any atom is 0.332 e. The second kappa shape index (κ2) is 44.8. The Morgan fingerprint density at radius 3 is 0.860 bits per heavy atom. The van der Waals surface area contributed by atoms with Gasteiger partial charge in [0.1, 0.15) is 0 Å². The number of aliphatic hydroxyl groups is 3. The van der Waals surface area contributed by atoms with E-state index in [0.717, 1.165) is 113 Å². The van der Waals surface area contributed by atoms with Crippen LogP contribution in [0.4, 0.5) is 0 Å². The van der Waals surface area contributed by atoms with Crippen LogP contribution >= 0.6 is 0 Å². The summed E-state index contributed by atoms with van der Waals surface area (Å²) in [5.74, 6) is 1.79. The number of ether oxygens (including phenoxy) is 3. The standard InChI is InChI=1S/C11H21NO2.C10H19NO2.C9H17NO2.CH4.3ClH/c1-10(9-13)7-5-3-4-6-8-11(12)14-2;1-9(8-12)6-4-3-5-7-10(11)13-2;1-8(7-11)5-3-4-6-9(10)12-2;;;;/h12-13H,1,3-9H2,2H3;11-12H,1,3-8H2,2H3;10-11H,1,3-7H2,2H3;1H4;3*1H. The molecule has 0 aliphatic heterocycles. The molecule has 0 fully saturated rings. The highest BCUT2D eigenvalue weighted by Gasteiger charge is 2.02. The summed E-state index contributed by atoms with van der Waals surface area (Å²) in [6.07, 6.45) is 14.8. The first-order valence-electron chi connectivity index (χ1n) is 13.9. The fourth-order valence-electron chi connectivity index (χ4n) is 3.10. The van der Waals surface area contributed by atoms with Crippen molar-refractivity contribution in [1.29, 1.82) is 0 Å². The van der Waals surface area contributed by atoms with Crippen molar-refractivity contribution in [2.75, 3.05) is 41.2 Å². The van der Waals surface area contributed by atoms with E-state index in [0.29, 0.717) is 17.7 Å². The molecule has 9 N–H and O–H groups in total. The second-order valence-corrected chi connectivity index (χ2v) is 9.42. The number of unbranched alkanes of at least 4 members (excludes halogenated alkanes) is 6. The van der Waals surface area contributed by atoms with Gasteiger partial charge >= 0.3 is 17.7 Å². The minimum Gasteiger partial charge on any atom is -1.00 e. The summed E-state index contributed by atoms with van der Waals surface area (Å²) in [5.41, 5.74) is 2.71. The number of aliphatic hydroxyl groups excluding tert-OH is 3. The zero-order valence-electron chi connectivity index (χ0n) is 26.3. The normalized spacial score (nSPS) is 8.79. The maximum atomic E-state index is 8.71. The van der Waals surface area contributed by atoms with Crippen molar-refractivity contribution in [3.63, 3.8) is 0 Å². The molecule has 43 heavy (non-hydrogen) atoms. The zero-order valence-corrected chi connectivity index (χ0v) is 28.5. The molecule has 0 aromatic rings. The molecular formula is C31H64Cl3N3O6. The first-order valence-corrected chi connectivity index (χ1v) is 13.9. The molecule has 0 radical (unpaired) electrons. The van der Waals surface area contributed by atoms with Gasteiger partial charge in [0, 0.05) is 0 Å². The molecule has 0 aliphatic carbocycles. The monoisotopic (exact) mass is 679 g/mol. The molecule has 260 valence electrons. The summed E-state index contributed by atoms with van der Waals surface area (Å²) >= 11 is 0. The lowest BCUT2D eigenvalue weighted by Crippen LogP contribution is -3.00. The predicted octanol–water partition coefficient (Wildman–Crippen LogP) is -7.48. The summed E-state index contributed by atoms with van der Waals surface area (Å²) in [7, 11) is 4.76. The second-order valence-electron chi connectivity index (χ2n) is 9.42. The number of hydrogen-bond acceptors (Lipinski definition) is 6. The Morgan fingerprint density at radius 1 is 0.442 bits per heavy atom. The van der Waals surface area contributed by atoms with E-state index in [2.05, 4.69) is 19.7 Å². The van der Waals surface area contributed by atoms with Gasteiger partial charge in [-0.2, -0.15) is 0 Å². The van der Waals surface area contributed by atoms with Gasteiger partial charge in [-0.3, -0.25) is 0 Å². The summed E-state index contributed by atoms with van der Waals surface area (Å²) in [6, 6.07) is 0. The van der Waals surface area contributed by atoms with Crippen LogP contribution in [-0.2, 0) is 14.2 Å². The highest BCUT2D eigenvalue weighted by Crippen LogP contribution is 2.10. The van der Waals surface area contributed by atoms with E-state index in [1.807, 2.05) is 0 Å². The molecule has 0 saturated heterocycles. The van der Waals surface area contributed by atoms with E-state index < -0.39 is 0 Å². The van der Waals surface area contributed by atoms with Crippen molar-refractivity contribution in [3.8, 4) is 0 Å². The largest absolute Gasteiger partial charge is 1.00 e. The van der Waals surface area contributed by atoms with E-state index in [1.54, 1.807) is 21.3 Å². The number of nitrogens with two attached hydrogens (primary N) is 3. The molecule has 0 aromatic heterocycles. The molecule has 12 heteroatoms. The average molecular weight is 681 g/mol. The van der Waals surface area contributed by atoms with Gasteiger partial charge in [0.2, 0.25) is 0 Å². The topological polar surface area (TPSA) is 165 Å². The smallest absolute Gasteiger partial charge is 0.332 e. The van der Waals surface area contributed by atoms with E-state index in [-0.39, 0.29) is 64.5 Å². The fourth-order valence-corrected chi connectivity index (χ4v) is 3.10. The maximum absolute atomic E-state index is 8.71. The molecule has 0 aliphatic rings. The van der Waals surface area contributed by atoms with Crippen LogP contribution in [0.2, 0.25) is 0 Å². The third-order valence-corrected chi connectivity index (χ3v) is 5.82. The van der Waals surface area contributed by atoms with Crippen molar-refractivity contribution in [1.82, 2.24) is 0 Å². The van der Waals surface area contributed by atoms with Gasteiger partial charge in [0.05, 0.1) is 60.4 Å². The highest BCUT2D eigenvalue weighted by molar-refractivity contribution is 5.69. The molecular weight excluding hydrogens is 617 g/mol. The SMILES string of the molecule is C.C=C(CO)CCCCC(=[NH2+])OC.C=C(CO)CCCCCC(=[NH2+])OC.C=C(CO)CCCCCCC(=[NH2+])OC.[Cl-].[Cl-].[Cl-]. The molecule has 0 amide bonds. The van der Waals surface area contributed by atoms with Crippen LogP contribution in [0.5, 0.6) is 0 Å². The molecule has 0 atom stereocenters. The van der Waals surface area contributed by atoms with Crippen LogP contribution in [0.15, 0.2) is 36.5 Å². The van der Waals surface area contributed by atoms with Gasteiger partial charge in [-0.1, -0.05) is 63.1 Å². The van der Waals surface area contributed by atoms with Gasteiger partial charge in [0.25, 0.3) is 0 Å². The molecule has 0 unspecified atom stereocenters. The molecule has 9 nitrogen and oxygen atoms in total. The molecule has 0 saturated carbocycles. The van der Waals surface area contributed by atoms with E-state index in [9.17, 15) is 0 Å². The minimum atomic E-state index is 0. The van der Waals surface area contributed by atoms with E-state index in [1.165, 1.54) is 0 Å². The van der Waals surface area contributed by atoms with Crippen molar-refractivity contribution < 1.29 is 83.0 Å². The summed E-state index contributed by atoms with van der Waals surface area (Å²) < 4.78 is 14.5. The van der Waals surface area contributed by atoms with Crippen molar-refractivity contribution in [3.05, 3.63) is 36.5 Å². The van der Waals surface area contributed by atoms with Crippen LogP contribution in [0.25, 0.3) is 0 Å². The Balaban J connectivity index is -0.0000000866. The lowest BCUT2D eigenvalue weighted by molar-refractivity contribution is -0.141. The number of hydrogen-bond donors (Lipinski definition) is 6. The first kappa shape index (κ1) is 57.1. The van der Waals surface area contributed by atoms with Crippen molar-refractivity contribution >= 4 is 17.7 Å². The van der Waals surface area contributed by atoms with Crippen LogP contribution in [0, 0.1) is 0 Å². The van der Waals surface area contributed by atoms with Crippen LogP contribution < -0.4 is 53.4 Å². The summed E-state index contributed by atoms with van der Waals surface area (Å²) in [4.78, 5) is 0. The van der Waals surface area contributed by atoms with Crippen molar-refractivity contribution in [2.45, 2.75) is 104 Å². The predicted molar refractivity (Wildman–Crippen MR) is 166 cm³/mol. The van der Waals surface area contributed by atoms with E-state index in [4.69, 9.17) is 45.8 Å². The van der Waals surface area contributed by atoms with E-state index >= 15 is 0 Å². The van der Waals surface area contributed by atoms with Crippen molar-refractivity contribution in [2.24, 2.45) is 0 Å². The summed E-state index contributed by atoms with van der Waals surface area (Å²) in [5, 5.41) is 42.4. The number of rotatable bonds is 21. The van der Waals surface area contributed by atoms with Gasteiger partial charge in [-0.25, -0.2) is 16.2 Å². The van der Waals surface area contributed by atoms with Gasteiger partial charge < -0.3 is 66.8 Å². The quantitative estimate of drug-likeness (QED) is 0.0305. The Morgan fingerprint density at radius 2 is 0.628 bits per heavy atom. The first-order chi connectivity index (χ1) is 18.6. The fraction of sp³-hybridized carbons (Fsp3) is 0.710. The van der Waals surface area contributed by atoms with Crippen LogP contribution in [0.1, 0.15) is 104 Å². The third kappa shape index (κ3) is 50.3. The van der Waals surface area contributed by atoms with Gasteiger partial charge in [-0.05, 0) is 57.8 Å². The summed E-state index contributed by atoms with van der Waals surface area (Å²) in [6.45, 7) is 11.5. The Hall–Kier alpha value is -1.62. The van der Waals surface area contributed by atoms with Gasteiger partial charge in [-0.15, -0.1) is 0 Å². The van der Waals surface area contributed by atoms with Crippen LogP contribution in [-0.4, -0.2) is 74.2 Å². The molecule has 0 heterocycles. The average Bonchev–Trinajstić information content (AvgIpc) is 2.96. The zero-order chi connectivity index (χ0) is 30.3. The Bertz CT molecular complexity index is 640. The minimum absolute atomic E-state index is 0. The highest BCUT2D eigenvalue weighted by atomic mass is 35.5.